The highest BCUT2D eigenvalue weighted by Gasteiger charge is 2.58. The van der Waals surface area contributed by atoms with E-state index in [4.69, 9.17) is 9.47 Å². The van der Waals surface area contributed by atoms with Gasteiger partial charge >= 0.3 is 0 Å². The van der Waals surface area contributed by atoms with Crippen molar-refractivity contribution in [3.05, 3.63) is 0 Å². The van der Waals surface area contributed by atoms with E-state index in [2.05, 4.69) is 6.92 Å². The molecule has 1 aliphatic rings. The van der Waals surface area contributed by atoms with E-state index >= 15 is 0 Å². The van der Waals surface area contributed by atoms with Gasteiger partial charge in [-0.2, -0.15) is 0 Å². The standard InChI is InChI=1S/C22H42O7/c1-3-5-6-7-8-9-10-11-12-13-14-15-18(24)22(28-4-2)21(27)20(26)19(25)17(16-23)29-22/h17,19-21,23,25-27H,3-16H2,1-2H3/t17-,19-,20+,21-,22?/m1/s1. The molecule has 1 heterocycles. The Morgan fingerprint density at radius 2 is 1.38 bits per heavy atom. The van der Waals surface area contributed by atoms with Gasteiger partial charge in [-0.05, 0) is 13.3 Å². The van der Waals surface area contributed by atoms with Gasteiger partial charge in [-0.15, -0.1) is 0 Å². The van der Waals surface area contributed by atoms with Crippen LogP contribution in [-0.4, -0.2) is 69.6 Å². The maximum atomic E-state index is 12.8. The van der Waals surface area contributed by atoms with Crippen molar-refractivity contribution in [3.63, 3.8) is 0 Å². The number of aliphatic hydroxyl groups is 4. The van der Waals surface area contributed by atoms with Crippen LogP contribution in [0.2, 0.25) is 0 Å². The van der Waals surface area contributed by atoms with E-state index in [1.807, 2.05) is 0 Å². The minimum Gasteiger partial charge on any atom is -0.394 e. The average molecular weight is 419 g/mol. The van der Waals surface area contributed by atoms with Gasteiger partial charge in [0, 0.05) is 13.0 Å². The summed E-state index contributed by atoms with van der Waals surface area (Å²) in [5.74, 6) is -2.51. The van der Waals surface area contributed by atoms with Crippen LogP contribution in [0, 0.1) is 0 Å². The van der Waals surface area contributed by atoms with Crippen LogP contribution >= 0.6 is 0 Å². The third-order valence-electron chi connectivity index (χ3n) is 5.70. The number of Topliss-reactive ketones (excluding diaryl/α,β-unsaturated/α-hetero) is 1. The van der Waals surface area contributed by atoms with Crippen molar-refractivity contribution in [3.8, 4) is 0 Å². The van der Waals surface area contributed by atoms with Crippen LogP contribution in [0.25, 0.3) is 0 Å². The zero-order valence-corrected chi connectivity index (χ0v) is 18.2. The molecule has 0 saturated carbocycles. The fraction of sp³-hybridized carbons (Fsp3) is 0.955. The lowest BCUT2D eigenvalue weighted by Gasteiger charge is -2.46. The lowest BCUT2D eigenvalue weighted by molar-refractivity contribution is -0.344. The zero-order valence-electron chi connectivity index (χ0n) is 18.2. The topological polar surface area (TPSA) is 116 Å². The molecule has 29 heavy (non-hydrogen) atoms. The number of ketones is 1. The molecule has 0 aromatic carbocycles. The number of ether oxygens (including phenoxy) is 2. The van der Waals surface area contributed by atoms with Crippen molar-refractivity contribution in [2.75, 3.05) is 13.2 Å². The molecule has 0 aliphatic carbocycles. The average Bonchev–Trinajstić information content (AvgIpc) is 2.72. The molecule has 5 atom stereocenters. The van der Waals surface area contributed by atoms with Crippen LogP contribution in [0.1, 0.15) is 90.9 Å². The molecule has 0 radical (unpaired) electrons. The number of carbonyl (C=O) groups is 1. The van der Waals surface area contributed by atoms with Gasteiger partial charge < -0.3 is 29.9 Å². The van der Waals surface area contributed by atoms with E-state index in [1.165, 1.54) is 44.9 Å². The van der Waals surface area contributed by atoms with Crippen molar-refractivity contribution < 1.29 is 34.7 Å². The Kier molecular flexibility index (Phi) is 13.2. The second-order valence-corrected chi connectivity index (χ2v) is 8.07. The quantitative estimate of drug-likeness (QED) is 0.285. The van der Waals surface area contributed by atoms with E-state index < -0.39 is 42.6 Å². The second kappa shape index (κ2) is 14.4. The highest BCUT2D eigenvalue weighted by molar-refractivity contribution is 5.87. The maximum absolute atomic E-state index is 12.8. The van der Waals surface area contributed by atoms with Gasteiger partial charge in [0.05, 0.1) is 6.61 Å². The number of aliphatic hydroxyl groups excluding tert-OH is 4. The van der Waals surface area contributed by atoms with Crippen LogP contribution < -0.4 is 0 Å². The second-order valence-electron chi connectivity index (χ2n) is 8.07. The van der Waals surface area contributed by atoms with Crippen LogP contribution in [0.5, 0.6) is 0 Å². The van der Waals surface area contributed by atoms with Crippen LogP contribution in [0.4, 0.5) is 0 Å². The lowest BCUT2D eigenvalue weighted by atomic mass is 9.88. The van der Waals surface area contributed by atoms with Crippen LogP contribution in [0.15, 0.2) is 0 Å². The Bertz CT molecular complexity index is 443. The van der Waals surface area contributed by atoms with Gasteiger partial charge in [0.25, 0.3) is 5.79 Å². The van der Waals surface area contributed by atoms with E-state index in [9.17, 15) is 25.2 Å². The minimum absolute atomic E-state index is 0.0853. The molecule has 0 amide bonds. The molecule has 0 bridgehead atoms. The Morgan fingerprint density at radius 1 is 0.862 bits per heavy atom. The highest BCUT2D eigenvalue weighted by Crippen LogP contribution is 2.33. The smallest absolute Gasteiger partial charge is 0.258 e. The lowest BCUT2D eigenvalue weighted by Crippen LogP contribution is -2.69. The Labute approximate surface area is 175 Å². The molecular formula is C22H42O7. The first-order chi connectivity index (χ1) is 13.9. The first kappa shape index (κ1) is 26.5. The van der Waals surface area contributed by atoms with E-state index in [1.54, 1.807) is 6.92 Å². The molecule has 1 unspecified atom stereocenters. The van der Waals surface area contributed by atoms with Crippen molar-refractivity contribution >= 4 is 5.78 Å². The van der Waals surface area contributed by atoms with Crippen LogP contribution in [0.3, 0.4) is 0 Å². The summed E-state index contributed by atoms with van der Waals surface area (Å²) in [6, 6.07) is 0. The molecule has 1 saturated heterocycles. The molecule has 1 aliphatic heterocycles. The Balaban J connectivity index is 2.38. The van der Waals surface area contributed by atoms with Gasteiger partial charge in [0.15, 0.2) is 5.78 Å². The third-order valence-corrected chi connectivity index (χ3v) is 5.70. The van der Waals surface area contributed by atoms with Crippen molar-refractivity contribution in [1.29, 1.82) is 0 Å². The molecule has 1 fully saturated rings. The number of unbranched alkanes of at least 4 members (excludes halogenated alkanes) is 10. The van der Waals surface area contributed by atoms with Crippen molar-refractivity contribution in [2.45, 2.75) is 121 Å². The van der Waals surface area contributed by atoms with Gasteiger partial charge in [0.1, 0.15) is 24.4 Å². The fourth-order valence-corrected chi connectivity index (χ4v) is 3.91. The van der Waals surface area contributed by atoms with Gasteiger partial charge in [0.2, 0.25) is 0 Å². The fourth-order valence-electron chi connectivity index (χ4n) is 3.91. The molecule has 0 aromatic heterocycles. The van der Waals surface area contributed by atoms with Gasteiger partial charge in [-0.1, -0.05) is 71.1 Å². The summed E-state index contributed by atoms with van der Waals surface area (Å²) in [5, 5.41) is 39.8. The van der Waals surface area contributed by atoms with Gasteiger partial charge in [-0.3, -0.25) is 4.79 Å². The summed E-state index contributed by atoms with van der Waals surface area (Å²) in [7, 11) is 0. The van der Waals surface area contributed by atoms with Gasteiger partial charge in [-0.25, -0.2) is 0 Å². The van der Waals surface area contributed by atoms with Crippen LogP contribution in [-0.2, 0) is 14.3 Å². The van der Waals surface area contributed by atoms with E-state index in [0.29, 0.717) is 6.42 Å². The van der Waals surface area contributed by atoms with Crippen molar-refractivity contribution in [1.82, 2.24) is 0 Å². The summed E-state index contributed by atoms with van der Waals surface area (Å²) in [6.45, 7) is 3.37. The van der Waals surface area contributed by atoms with E-state index in [0.717, 1.165) is 19.3 Å². The largest absolute Gasteiger partial charge is 0.394 e. The maximum Gasteiger partial charge on any atom is 0.258 e. The molecule has 1 rings (SSSR count). The molecule has 172 valence electrons. The molecule has 0 spiro atoms. The number of carbonyl (C=O) groups excluding carboxylic acids is 1. The summed E-state index contributed by atoms with van der Waals surface area (Å²) < 4.78 is 10.9. The first-order valence-electron chi connectivity index (χ1n) is 11.4. The number of hydrogen-bond acceptors (Lipinski definition) is 7. The zero-order chi connectivity index (χ0) is 21.7. The normalized spacial score (nSPS) is 29.9. The summed E-state index contributed by atoms with van der Waals surface area (Å²) >= 11 is 0. The van der Waals surface area contributed by atoms with Crippen molar-refractivity contribution in [2.24, 2.45) is 0 Å². The molecule has 4 N–H and O–H groups in total. The first-order valence-corrected chi connectivity index (χ1v) is 11.4. The predicted molar refractivity (Wildman–Crippen MR) is 110 cm³/mol. The molecular weight excluding hydrogens is 376 g/mol. The van der Waals surface area contributed by atoms with E-state index in [-0.39, 0.29) is 13.0 Å². The molecule has 7 nitrogen and oxygen atoms in total. The minimum atomic E-state index is -2.04. The molecule has 0 aromatic rings. The predicted octanol–water partition coefficient (Wildman–Crippen LogP) is 2.46. The Morgan fingerprint density at radius 3 is 1.86 bits per heavy atom. The number of hydrogen-bond donors (Lipinski definition) is 4. The highest BCUT2D eigenvalue weighted by atomic mass is 16.7. The number of rotatable bonds is 16. The Hall–Kier alpha value is -0.570. The third kappa shape index (κ3) is 7.89. The molecule has 7 heteroatoms. The summed E-state index contributed by atoms with van der Waals surface area (Å²) in [4.78, 5) is 12.8. The summed E-state index contributed by atoms with van der Waals surface area (Å²) in [5.41, 5.74) is 0. The summed E-state index contributed by atoms with van der Waals surface area (Å²) in [6.07, 6.45) is 6.88. The monoisotopic (exact) mass is 418 g/mol. The SMILES string of the molecule is CCCCCCCCCCCCCC(=O)C1(OCC)O[C@H](CO)[C@@H](O)[C@H](O)[C@H]1O.